The van der Waals surface area contributed by atoms with E-state index in [1.165, 1.54) is 7.11 Å². The number of carbonyl (C=O) groups is 1. The Hall–Kier alpha value is -2.27. The van der Waals surface area contributed by atoms with Gasteiger partial charge in [0.25, 0.3) is 0 Å². The lowest BCUT2D eigenvalue weighted by atomic mass is 10.2. The number of hydrazone groups is 1. The van der Waals surface area contributed by atoms with Gasteiger partial charge in [0.15, 0.2) is 0 Å². The standard InChI is InChI=1S/C15H16ClN3O2/c1-10-8-12(9-17-18-15(20)21-3)11(2)19(10)14-6-4-13(16)5-7-14/h4-9H,1-3H3,(H,18,20)/b17-9+. The Morgan fingerprint density at radius 1 is 1.33 bits per heavy atom. The van der Waals surface area contributed by atoms with Crippen molar-refractivity contribution in [2.75, 3.05) is 7.11 Å². The highest BCUT2D eigenvalue weighted by Crippen LogP contribution is 2.21. The predicted octanol–water partition coefficient (Wildman–Crippen LogP) is 3.44. The van der Waals surface area contributed by atoms with Crippen LogP contribution in [0.15, 0.2) is 35.4 Å². The fourth-order valence-corrected chi connectivity index (χ4v) is 2.23. The normalized spacial score (nSPS) is 10.9. The first-order chi connectivity index (χ1) is 10.0. The molecule has 1 aromatic heterocycles. The Kier molecular flexibility index (Phi) is 4.65. The Labute approximate surface area is 128 Å². The molecule has 0 atom stereocenters. The van der Waals surface area contributed by atoms with Crippen molar-refractivity contribution in [2.45, 2.75) is 13.8 Å². The molecule has 110 valence electrons. The van der Waals surface area contributed by atoms with E-state index >= 15 is 0 Å². The highest BCUT2D eigenvalue weighted by molar-refractivity contribution is 6.30. The van der Waals surface area contributed by atoms with Crippen LogP contribution in [0.1, 0.15) is 17.0 Å². The molecule has 21 heavy (non-hydrogen) atoms. The molecule has 6 heteroatoms. The van der Waals surface area contributed by atoms with Gasteiger partial charge in [-0.2, -0.15) is 5.10 Å². The highest BCUT2D eigenvalue weighted by Gasteiger charge is 2.09. The van der Waals surface area contributed by atoms with Gasteiger partial charge in [0.05, 0.1) is 13.3 Å². The second-order valence-electron chi connectivity index (χ2n) is 4.50. The summed E-state index contributed by atoms with van der Waals surface area (Å²) in [4.78, 5) is 10.9. The number of aryl methyl sites for hydroxylation is 1. The van der Waals surface area contributed by atoms with Gasteiger partial charge in [0, 0.05) is 27.7 Å². The Bertz CT molecular complexity index is 675. The van der Waals surface area contributed by atoms with Crippen molar-refractivity contribution in [1.29, 1.82) is 0 Å². The Balaban J connectivity index is 2.29. The van der Waals surface area contributed by atoms with E-state index in [0.717, 1.165) is 22.6 Å². The molecule has 0 bridgehead atoms. The zero-order chi connectivity index (χ0) is 15.4. The van der Waals surface area contributed by atoms with Crippen LogP contribution in [0.3, 0.4) is 0 Å². The van der Waals surface area contributed by atoms with E-state index in [4.69, 9.17) is 11.6 Å². The third kappa shape index (κ3) is 3.44. The van der Waals surface area contributed by atoms with Crippen molar-refractivity contribution < 1.29 is 9.53 Å². The molecule has 1 heterocycles. The number of methoxy groups -OCH3 is 1. The Morgan fingerprint density at radius 2 is 2.00 bits per heavy atom. The van der Waals surface area contributed by atoms with Gasteiger partial charge in [0.2, 0.25) is 0 Å². The number of hydrogen-bond donors (Lipinski definition) is 1. The number of nitrogens with zero attached hydrogens (tertiary/aromatic N) is 2. The summed E-state index contributed by atoms with van der Waals surface area (Å²) in [7, 11) is 1.29. The molecule has 5 nitrogen and oxygen atoms in total. The van der Waals surface area contributed by atoms with Gasteiger partial charge in [-0.3, -0.25) is 0 Å². The quantitative estimate of drug-likeness (QED) is 0.697. The maximum absolute atomic E-state index is 10.9. The van der Waals surface area contributed by atoms with Crippen LogP contribution in [0.5, 0.6) is 0 Å². The number of carbonyl (C=O) groups excluding carboxylic acids is 1. The van der Waals surface area contributed by atoms with Crippen LogP contribution in [0.2, 0.25) is 5.02 Å². The molecule has 2 aromatic rings. The van der Waals surface area contributed by atoms with E-state index in [1.54, 1.807) is 6.21 Å². The van der Waals surface area contributed by atoms with E-state index < -0.39 is 6.09 Å². The molecule has 0 aliphatic rings. The molecule has 1 aromatic carbocycles. The van der Waals surface area contributed by atoms with Crippen molar-refractivity contribution in [3.05, 3.63) is 52.3 Å². The molecule has 0 radical (unpaired) electrons. The summed E-state index contributed by atoms with van der Waals surface area (Å²) >= 11 is 5.91. The molecule has 0 spiro atoms. The second-order valence-corrected chi connectivity index (χ2v) is 4.94. The van der Waals surface area contributed by atoms with Crippen LogP contribution in [-0.4, -0.2) is 24.0 Å². The molecule has 0 saturated carbocycles. The lowest BCUT2D eigenvalue weighted by Gasteiger charge is -2.09. The smallest absolute Gasteiger partial charge is 0.427 e. The number of halogens is 1. The topological polar surface area (TPSA) is 55.6 Å². The first kappa shape index (κ1) is 15.1. The number of hydrogen-bond acceptors (Lipinski definition) is 3. The number of benzene rings is 1. The average molecular weight is 306 g/mol. The zero-order valence-electron chi connectivity index (χ0n) is 12.1. The molecule has 0 fully saturated rings. The molecule has 0 aliphatic carbocycles. The maximum atomic E-state index is 10.9. The maximum Gasteiger partial charge on any atom is 0.427 e. The minimum Gasteiger partial charge on any atom is -0.452 e. The van der Waals surface area contributed by atoms with Crippen LogP contribution in [-0.2, 0) is 4.74 Å². The molecular formula is C15H16ClN3O2. The van der Waals surface area contributed by atoms with Crippen LogP contribution < -0.4 is 5.43 Å². The minimum atomic E-state index is -0.599. The SMILES string of the molecule is COC(=O)N/N=C/c1cc(C)n(-c2ccc(Cl)cc2)c1C. The van der Waals surface area contributed by atoms with Crippen molar-refractivity contribution >= 4 is 23.9 Å². The first-order valence-electron chi connectivity index (χ1n) is 6.35. The van der Waals surface area contributed by atoms with Crippen LogP contribution in [0.25, 0.3) is 5.69 Å². The van der Waals surface area contributed by atoms with Gasteiger partial charge < -0.3 is 9.30 Å². The van der Waals surface area contributed by atoms with Crippen molar-refractivity contribution in [1.82, 2.24) is 9.99 Å². The summed E-state index contributed by atoms with van der Waals surface area (Å²) in [5.74, 6) is 0. The fourth-order valence-electron chi connectivity index (χ4n) is 2.11. The summed E-state index contributed by atoms with van der Waals surface area (Å²) in [6.45, 7) is 3.99. The molecule has 1 N–H and O–H groups in total. The van der Waals surface area contributed by atoms with Crippen molar-refractivity contribution in [2.24, 2.45) is 5.10 Å². The largest absolute Gasteiger partial charge is 0.452 e. The van der Waals surface area contributed by atoms with E-state index in [0.29, 0.717) is 5.02 Å². The van der Waals surface area contributed by atoms with Gasteiger partial charge >= 0.3 is 6.09 Å². The molecule has 1 amide bonds. The molecule has 0 saturated heterocycles. The summed E-state index contributed by atoms with van der Waals surface area (Å²) in [6, 6.07) is 9.60. The monoisotopic (exact) mass is 305 g/mol. The second kappa shape index (κ2) is 6.45. The molecule has 2 rings (SSSR count). The van der Waals surface area contributed by atoms with Crippen molar-refractivity contribution in [3.8, 4) is 5.69 Å². The van der Waals surface area contributed by atoms with Crippen LogP contribution in [0.4, 0.5) is 4.79 Å². The number of rotatable bonds is 3. The highest BCUT2D eigenvalue weighted by atomic mass is 35.5. The average Bonchev–Trinajstić information content (AvgIpc) is 2.75. The van der Waals surface area contributed by atoms with Gasteiger partial charge in [-0.1, -0.05) is 11.6 Å². The molecular weight excluding hydrogens is 290 g/mol. The minimum absolute atomic E-state index is 0.599. The summed E-state index contributed by atoms with van der Waals surface area (Å²) in [5.41, 5.74) is 6.29. The first-order valence-corrected chi connectivity index (χ1v) is 6.72. The van der Waals surface area contributed by atoms with E-state index in [-0.39, 0.29) is 0 Å². The number of nitrogens with one attached hydrogen (secondary N) is 1. The third-order valence-corrected chi connectivity index (χ3v) is 3.35. The molecule has 0 unspecified atom stereocenters. The Morgan fingerprint density at radius 3 is 2.62 bits per heavy atom. The lowest BCUT2D eigenvalue weighted by Crippen LogP contribution is -2.16. The van der Waals surface area contributed by atoms with Crippen LogP contribution in [0, 0.1) is 13.8 Å². The van der Waals surface area contributed by atoms with E-state index in [2.05, 4.69) is 19.8 Å². The number of aromatic nitrogens is 1. The zero-order valence-corrected chi connectivity index (χ0v) is 12.8. The fraction of sp³-hybridized carbons (Fsp3) is 0.200. The number of amides is 1. The predicted molar refractivity (Wildman–Crippen MR) is 83.4 cm³/mol. The van der Waals surface area contributed by atoms with Gasteiger partial charge in [-0.25, -0.2) is 10.2 Å². The van der Waals surface area contributed by atoms with Crippen molar-refractivity contribution in [3.63, 3.8) is 0 Å². The summed E-state index contributed by atoms with van der Waals surface area (Å²) in [6.07, 6.45) is 0.990. The third-order valence-electron chi connectivity index (χ3n) is 3.10. The molecule has 0 aliphatic heterocycles. The lowest BCUT2D eigenvalue weighted by molar-refractivity contribution is 0.171. The summed E-state index contributed by atoms with van der Waals surface area (Å²) < 4.78 is 6.54. The summed E-state index contributed by atoms with van der Waals surface area (Å²) in [5, 5.41) is 4.55. The van der Waals surface area contributed by atoms with Gasteiger partial charge in [-0.05, 0) is 44.2 Å². The van der Waals surface area contributed by atoms with E-state index in [9.17, 15) is 4.79 Å². The van der Waals surface area contributed by atoms with Gasteiger partial charge in [-0.15, -0.1) is 0 Å². The van der Waals surface area contributed by atoms with Crippen LogP contribution >= 0.6 is 11.6 Å². The van der Waals surface area contributed by atoms with E-state index in [1.807, 2.05) is 44.2 Å². The number of ether oxygens (including phenoxy) is 1. The van der Waals surface area contributed by atoms with Gasteiger partial charge in [0.1, 0.15) is 0 Å².